The topological polar surface area (TPSA) is 147 Å². The molecule has 3 rings (SSSR count). The fourth-order valence-corrected chi connectivity index (χ4v) is 3.56. The number of aromatic hydroxyl groups is 2. The van der Waals surface area contributed by atoms with Gasteiger partial charge in [0.15, 0.2) is 11.5 Å². The molecule has 0 radical (unpaired) electrons. The van der Waals surface area contributed by atoms with E-state index in [4.69, 9.17) is 10.2 Å². The summed E-state index contributed by atoms with van der Waals surface area (Å²) in [5.41, 5.74) is 2.63. The van der Waals surface area contributed by atoms with Crippen LogP contribution < -0.4 is 5.32 Å². The molecule has 6 N–H and O–H groups in total. The van der Waals surface area contributed by atoms with E-state index >= 15 is 0 Å². The number of nitrogens with one attached hydrogen (secondary N) is 1. The van der Waals surface area contributed by atoms with E-state index in [-0.39, 0.29) is 23.6 Å². The lowest BCUT2D eigenvalue weighted by Crippen LogP contribution is -2.43. The summed E-state index contributed by atoms with van der Waals surface area (Å²) in [5, 5.41) is 49.3. The highest BCUT2D eigenvalue weighted by molar-refractivity contribution is 5.89. The van der Waals surface area contributed by atoms with Gasteiger partial charge in [0.1, 0.15) is 0 Å². The first-order valence-corrected chi connectivity index (χ1v) is 9.84. The Bertz CT molecular complexity index is 911. The molecule has 3 atom stereocenters. The van der Waals surface area contributed by atoms with Crippen molar-refractivity contribution in [2.75, 3.05) is 0 Å². The van der Waals surface area contributed by atoms with Crippen molar-refractivity contribution < 1.29 is 35.1 Å². The highest BCUT2D eigenvalue weighted by Crippen LogP contribution is 2.39. The molecule has 3 unspecified atom stereocenters. The summed E-state index contributed by atoms with van der Waals surface area (Å²) < 4.78 is 0. The fraction of sp³-hybridized carbons (Fsp3) is 0.304. The minimum atomic E-state index is -1.26. The normalized spacial score (nSPS) is 18.5. The zero-order valence-electron chi connectivity index (χ0n) is 17.1. The number of phenolic OH excluding ortho intramolecular Hbond substituents is 2. The number of carbonyl (C=O) groups is 2. The molecule has 8 nitrogen and oxygen atoms in total. The van der Waals surface area contributed by atoms with Gasteiger partial charge in [-0.25, -0.2) is 9.59 Å². The van der Waals surface area contributed by atoms with Gasteiger partial charge in [-0.3, -0.25) is 0 Å². The first kappa shape index (κ1) is 23.9. The van der Waals surface area contributed by atoms with Crippen molar-refractivity contribution in [3.05, 3.63) is 71.3 Å². The summed E-state index contributed by atoms with van der Waals surface area (Å²) >= 11 is 0. The quantitative estimate of drug-likeness (QED) is 0.303. The number of fused-ring (bicyclic) bond motifs is 1. The van der Waals surface area contributed by atoms with Crippen LogP contribution in [0.3, 0.4) is 0 Å². The summed E-state index contributed by atoms with van der Waals surface area (Å²) in [6, 6.07) is 13.6. The Labute approximate surface area is 180 Å². The van der Waals surface area contributed by atoms with Crippen LogP contribution in [-0.2, 0) is 22.4 Å². The number of hydrogen-bond acceptors (Lipinski definition) is 6. The Morgan fingerprint density at radius 2 is 1.68 bits per heavy atom. The van der Waals surface area contributed by atoms with Crippen LogP contribution in [0, 0.1) is 0 Å². The van der Waals surface area contributed by atoms with Crippen LogP contribution in [0.1, 0.15) is 36.1 Å². The molecule has 2 aromatic rings. The Balaban J connectivity index is 0.000000366. The number of phenols is 2. The maximum Gasteiger partial charge on any atom is 0.328 e. The van der Waals surface area contributed by atoms with Crippen LogP contribution >= 0.6 is 0 Å². The minimum Gasteiger partial charge on any atom is -0.504 e. The SMILES string of the molecule is CC(Cc1ccccc1)NC1CCc2c(ccc(O)c2O)C1O.O=C(O)C=CC(=O)O. The Hall–Kier alpha value is -3.36. The van der Waals surface area contributed by atoms with E-state index in [2.05, 4.69) is 24.4 Å². The smallest absolute Gasteiger partial charge is 0.328 e. The molecule has 0 heterocycles. The molecule has 1 aliphatic rings. The number of carboxylic acid groups (broad SMARTS) is 2. The lowest BCUT2D eigenvalue weighted by Gasteiger charge is -2.33. The maximum absolute atomic E-state index is 10.6. The third kappa shape index (κ3) is 7.13. The van der Waals surface area contributed by atoms with Gasteiger partial charge in [-0.15, -0.1) is 0 Å². The molecule has 0 fully saturated rings. The molecule has 1 aliphatic carbocycles. The van der Waals surface area contributed by atoms with E-state index in [9.17, 15) is 24.9 Å². The molecule has 0 aromatic heterocycles. The van der Waals surface area contributed by atoms with Crippen molar-refractivity contribution in [2.45, 2.75) is 44.4 Å². The van der Waals surface area contributed by atoms with Gasteiger partial charge >= 0.3 is 11.9 Å². The zero-order valence-corrected chi connectivity index (χ0v) is 17.1. The van der Waals surface area contributed by atoms with Gasteiger partial charge in [0.2, 0.25) is 0 Å². The molecular formula is C23H27NO7. The molecular weight excluding hydrogens is 402 g/mol. The van der Waals surface area contributed by atoms with Crippen LogP contribution in [0.4, 0.5) is 0 Å². The first-order chi connectivity index (χ1) is 14.7. The van der Waals surface area contributed by atoms with Crippen molar-refractivity contribution >= 4 is 11.9 Å². The Morgan fingerprint density at radius 3 is 2.26 bits per heavy atom. The van der Waals surface area contributed by atoms with Crippen LogP contribution in [-0.4, -0.2) is 49.6 Å². The number of aliphatic hydroxyl groups excluding tert-OH is 1. The second kappa shape index (κ2) is 11.1. The van der Waals surface area contributed by atoms with E-state index in [1.54, 1.807) is 6.07 Å². The van der Waals surface area contributed by atoms with Crippen molar-refractivity contribution in [3.8, 4) is 11.5 Å². The number of hydrogen-bond donors (Lipinski definition) is 6. The van der Waals surface area contributed by atoms with Crippen molar-refractivity contribution in [1.82, 2.24) is 5.32 Å². The van der Waals surface area contributed by atoms with Gasteiger partial charge in [0.05, 0.1) is 6.10 Å². The third-order valence-corrected chi connectivity index (χ3v) is 4.95. The first-order valence-electron chi connectivity index (χ1n) is 9.84. The molecule has 0 saturated heterocycles. The largest absolute Gasteiger partial charge is 0.504 e. The molecule has 8 heteroatoms. The lowest BCUT2D eigenvalue weighted by molar-refractivity contribution is -0.134. The average Bonchev–Trinajstić information content (AvgIpc) is 2.72. The van der Waals surface area contributed by atoms with Gasteiger partial charge in [-0.1, -0.05) is 36.4 Å². The molecule has 31 heavy (non-hydrogen) atoms. The average molecular weight is 429 g/mol. The molecule has 2 aromatic carbocycles. The summed E-state index contributed by atoms with van der Waals surface area (Å²) in [5.74, 6) is -2.74. The summed E-state index contributed by atoms with van der Waals surface area (Å²) in [6.07, 6.45) is 2.71. The van der Waals surface area contributed by atoms with Gasteiger partial charge in [0, 0.05) is 29.8 Å². The highest BCUT2D eigenvalue weighted by Gasteiger charge is 2.31. The number of aliphatic carboxylic acids is 2. The molecule has 0 spiro atoms. The van der Waals surface area contributed by atoms with E-state index in [1.165, 1.54) is 11.6 Å². The number of rotatable bonds is 6. The van der Waals surface area contributed by atoms with Crippen molar-refractivity contribution in [2.24, 2.45) is 0 Å². The molecule has 166 valence electrons. The predicted octanol–water partition coefficient (Wildman–Crippen LogP) is 2.38. The molecule has 0 amide bonds. The second-order valence-electron chi connectivity index (χ2n) is 7.36. The van der Waals surface area contributed by atoms with E-state index in [1.807, 2.05) is 18.2 Å². The van der Waals surface area contributed by atoms with Gasteiger partial charge in [-0.05, 0) is 43.4 Å². The van der Waals surface area contributed by atoms with Crippen LogP contribution in [0.5, 0.6) is 11.5 Å². The van der Waals surface area contributed by atoms with Crippen molar-refractivity contribution in [3.63, 3.8) is 0 Å². The second-order valence-corrected chi connectivity index (χ2v) is 7.36. The number of carboxylic acids is 2. The van der Waals surface area contributed by atoms with Crippen LogP contribution in [0.15, 0.2) is 54.6 Å². The lowest BCUT2D eigenvalue weighted by atomic mass is 9.84. The van der Waals surface area contributed by atoms with Crippen molar-refractivity contribution in [1.29, 1.82) is 0 Å². The molecule has 0 aliphatic heterocycles. The predicted molar refractivity (Wildman–Crippen MR) is 114 cm³/mol. The standard InChI is InChI=1S/C19H23NO3.C4H4O4/c1-12(11-13-5-3-2-4-6-13)20-16-9-7-15-14(18(16)22)8-10-17(21)19(15)23;5-3(6)1-2-4(7)8/h2-6,8,10,12,16,18,20-23H,7,9,11H2,1H3;1-2H,(H,5,6)(H,7,8). The summed E-state index contributed by atoms with van der Waals surface area (Å²) in [7, 11) is 0. The highest BCUT2D eigenvalue weighted by atomic mass is 16.4. The van der Waals surface area contributed by atoms with Gasteiger partial charge < -0.3 is 30.8 Å². The Morgan fingerprint density at radius 1 is 1.06 bits per heavy atom. The number of aliphatic hydroxyl groups is 1. The van der Waals surface area contributed by atoms with E-state index in [0.29, 0.717) is 29.7 Å². The minimum absolute atomic E-state index is 0.0508. The number of benzene rings is 2. The third-order valence-electron chi connectivity index (χ3n) is 4.95. The van der Waals surface area contributed by atoms with E-state index < -0.39 is 18.0 Å². The van der Waals surface area contributed by atoms with Gasteiger partial charge in [0.25, 0.3) is 0 Å². The molecule has 0 bridgehead atoms. The monoisotopic (exact) mass is 429 g/mol. The summed E-state index contributed by atoms with van der Waals surface area (Å²) in [6.45, 7) is 2.11. The molecule has 0 saturated carbocycles. The van der Waals surface area contributed by atoms with Gasteiger partial charge in [-0.2, -0.15) is 0 Å². The maximum atomic E-state index is 10.6. The Kier molecular flexibility index (Phi) is 8.60. The van der Waals surface area contributed by atoms with Crippen LogP contribution in [0.2, 0.25) is 0 Å². The fourth-order valence-electron chi connectivity index (χ4n) is 3.56. The van der Waals surface area contributed by atoms with Crippen LogP contribution in [0.25, 0.3) is 0 Å². The summed E-state index contributed by atoms with van der Waals surface area (Å²) in [4.78, 5) is 19.1. The zero-order chi connectivity index (χ0) is 23.0. The van der Waals surface area contributed by atoms with E-state index in [0.717, 1.165) is 12.8 Å².